The molecule has 2 aromatic rings. The van der Waals surface area contributed by atoms with Gasteiger partial charge < -0.3 is 5.32 Å². The van der Waals surface area contributed by atoms with Crippen LogP contribution in [0.2, 0.25) is 0 Å². The number of ketones is 1. The van der Waals surface area contributed by atoms with E-state index in [2.05, 4.69) is 34.9 Å². The number of carbonyl (C=O) groups excluding carboxylic acids is 1. The summed E-state index contributed by atoms with van der Waals surface area (Å²) in [4.78, 5) is 12.1. The summed E-state index contributed by atoms with van der Waals surface area (Å²) < 4.78 is 0. The van der Waals surface area contributed by atoms with Gasteiger partial charge in [-0.1, -0.05) is 60.7 Å². The lowest BCUT2D eigenvalue weighted by atomic mass is 9.91. The maximum absolute atomic E-state index is 12.1. The van der Waals surface area contributed by atoms with Crippen molar-refractivity contribution >= 4 is 5.78 Å². The van der Waals surface area contributed by atoms with Gasteiger partial charge in [0.15, 0.2) is 5.78 Å². The Bertz CT molecular complexity index is 692. The first kappa shape index (κ1) is 14.5. The average molecular weight is 292 g/mol. The molecule has 0 unspecified atom stereocenters. The predicted molar refractivity (Wildman–Crippen MR) is 88.0 cm³/mol. The molecule has 1 aliphatic heterocycles. The third kappa shape index (κ3) is 2.81. The fraction of sp³-hybridized carbons (Fsp3) is 0.211. The number of nitrogens with one attached hydrogen (secondary N) is 2. The molecule has 0 aliphatic carbocycles. The highest BCUT2D eigenvalue weighted by atomic mass is 16.1. The number of Topliss-reactive ketones (excluding diaryl/α,β-unsaturated/α-hetero) is 1. The standard InChI is InChI=1S/C19H20N2O/c1-13-17(14(2)22)18(15-9-5-3-6-10-15)21-19(20-13)16-11-7-4-8-12-16/h3-12,18-21H,1-2H3/t18-,19+/m1/s1. The quantitative estimate of drug-likeness (QED) is 0.910. The molecule has 1 heterocycles. The normalized spacial score (nSPS) is 21.4. The zero-order chi connectivity index (χ0) is 15.5. The van der Waals surface area contributed by atoms with Crippen LogP contribution in [0.4, 0.5) is 0 Å². The first-order valence-corrected chi connectivity index (χ1v) is 7.51. The Morgan fingerprint density at radius 3 is 2.00 bits per heavy atom. The van der Waals surface area contributed by atoms with E-state index in [-0.39, 0.29) is 18.0 Å². The summed E-state index contributed by atoms with van der Waals surface area (Å²) in [5, 5.41) is 6.97. The van der Waals surface area contributed by atoms with Crippen molar-refractivity contribution in [2.45, 2.75) is 26.1 Å². The van der Waals surface area contributed by atoms with Crippen LogP contribution in [-0.2, 0) is 4.79 Å². The van der Waals surface area contributed by atoms with Gasteiger partial charge in [0.25, 0.3) is 0 Å². The van der Waals surface area contributed by atoms with Crippen LogP contribution in [0, 0.1) is 0 Å². The third-order valence-electron chi connectivity index (χ3n) is 4.03. The van der Waals surface area contributed by atoms with Crippen molar-refractivity contribution < 1.29 is 4.79 Å². The Morgan fingerprint density at radius 1 is 0.909 bits per heavy atom. The van der Waals surface area contributed by atoms with Crippen molar-refractivity contribution in [2.24, 2.45) is 0 Å². The Hall–Kier alpha value is -2.39. The SMILES string of the molecule is CC(=O)C1=C(C)N[C@H](c2ccccc2)N[C@@H]1c1ccccc1. The van der Waals surface area contributed by atoms with E-state index in [1.165, 1.54) is 0 Å². The van der Waals surface area contributed by atoms with E-state index >= 15 is 0 Å². The fourth-order valence-corrected chi connectivity index (χ4v) is 3.00. The Morgan fingerprint density at radius 2 is 1.45 bits per heavy atom. The van der Waals surface area contributed by atoms with E-state index in [4.69, 9.17) is 0 Å². The molecule has 112 valence electrons. The smallest absolute Gasteiger partial charge is 0.159 e. The van der Waals surface area contributed by atoms with E-state index in [0.717, 1.165) is 22.4 Å². The molecular formula is C19H20N2O. The van der Waals surface area contributed by atoms with Crippen molar-refractivity contribution in [1.29, 1.82) is 0 Å². The molecule has 0 saturated heterocycles. The molecule has 0 saturated carbocycles. The maximum atomic E-state index is 12.1. The summed E-state index contributed by atoms with van der Waals surface area (Å²) in [6.45, 7) is 3.60. The van der Waals surface area contributed by atoms with Crippen molar-refractivity contribution in [3.8, 4) is 0 Å². The third-order valence-corrected chi connectivity index (χ3v) is 4.03. The second-order valence-electron chi connectivity index (χ2n) is 5.59. The topological polar surface area (TPSA) is 41.1 Å². The molecule has 22 heavy (non-hydrogen) atoms. The van der Waals surface area contributed by atoms with Crippen LogP contribution in [0.25, 0.3) is 0 Å². The summed E-state index contributed by atoms with van der Waals surface area (Å²) in [6.07, 6.45) is -0.00509. The Kier molecular flexibility index (Phi) is 4.07. The van der Waals surface area contributed by atoms with Crippen molar-refractivity contribution in [3.05, 3.63) is 83.1 Å². The van der Waals surface area contributed by atoms with E-state index in [9.17, 15) is 4.79 Å². The second kappa shape index (κ2) is 6.16. The molecule has 0 bridgehead atoms. The molecule has 0 fully saturated rings. The molecule has 0 spiro atoms. The summed E-state index contributed by atoms with van der Waals surface area (Å²) in [7, 11) is 0. The molecule has 3 rings (SSSR count). The number of hydrogen-bond donors (Lipinski definition) is 2. The lowest BCUT2D eigenvalue weighted by Crippen LogP contribution is -2.43. The van der Waals surface area contributed by atoms with Gasteiger partial charge >= 0.3 is 0 Å². The van der Waals surface area contributed by atoms with Crippen LogP contribution in [-0.4, -0.2) is 5.78 Å². The zero-order valence-electron chi connectivity index (χ0n) is 12.8. The van der Waals surface area contributed by atoms with Gasteiger partial charge in [0.1, 0.15) is 6.17 Å². The van der Waals surface area contributed by atoms with Crippen LogP contribution < -0.4 is 10.6 Å². The number of allylic oxidation sites excluding steroid dienone is 1. The van der Waals surface area contributed by atoms with Gasteiger partial charge in [0, 0.05) is 11.3 Å². The summed E-state index contributed by atoms with van der Waals surface area (Å²) >= 11 is 0. The van der Waals surface area contributed by atoms with Crippen LogP contribution >= 0.6 is 0 Å². The largest absolute Gasteiger partial charge is 0.369 e. The van der Waals surface area contributed by atoms with Crippen LogP contribution in [0.1, 0.15) is 37.2 Å². The highest BCUT2D eigenvalue weighted by molar-refractivity contribution is 5.95. The molecule has 3 heteroatoms. The Labute approximate surface area is 131 Å². The number of rotatable bonds is 3. The summed E-state index contributed by atoms with van der Waals surface area (Å²) in [6, 6.07) is 20.2. The Balaban J connectivity index is 2.01. The second-order valence-corrected chi connectivity index (χ2v) is 5.59. The van der Waals surface area contributed by atoms with E-state index in [1.807, 2.05) is 43.3 Å². The first-order chi connectivity index (χ1) is 10.7. The van der Waals surface area contributed by atoms with Crippen LogP contribution in [0.5, 0.6) is 0 Å². The highest BCUT2D eigenvalue weighted by Gasteiger charge is 2.30. The van der Waals surface area contributed by atoms with Gasteiger partial charge in [-0.2, -0.15) is 0 Å². The lowest BCUT2D eigenvalue weighted by Gasteiger charge is -2.35. The monoisotopic (exact) mass is 292 g/mol. The van der Waals surface area contributed by atoms with Gasteiger partial charge in [0.05, 0.1) is 6.04 Å². The molecule has 2 N–H and O–H groups in total. The average Bonchev–Trinajstić information content (AvgIpc) is 2.55. The van der Waals surface area contributed by atoms with Gasteiger partial charge in [0.2, 0.25) is 0 Å². The van der Waals surface area contributed by atoms with Gasteiger partial charge in [-0.15, -0.1) is 0 Å². The van der Waals surface area contributed by atoms with E-state index < -0.39 is 0 Å². The lowest BCUT2D eigenvalue weighted by molar-refractivity contribution is -0.114. The molecular weight excluding hydrogens is 272 g/mol. The molecule has 0 amide bonds. The summed E-state index contributed by atoms with van der Waals surface area (Å²) in [5.74, 6) is 0.0952. The van der Waals surface area contributed by atoms with Crippen molar-refractivity contribution in [1.82, 2.24) is 10.6 Å². The molecule has 0 aromatic heterocycles. The predicted octanol–water partition coefficient (Wildman–Crippen LogP) is 3.48. The maximum Gasteiger partial charge on any atom is 0.159 e. The number of hydrogen-bond acceptors (Lipinski definition) is 3. The van der Waals surface area contributed by atoms with Crippen LogP contribution in [0.3, 0.4) is 0 Å². The van der Waals surface area contributed by atoms with Gasteiger partial charge in [-0.25, -0.2) is 0 Å². The van der Waals surface area contributed by atoms with Gasteiger partial charge in [-0.3, -0.25) is 10.1 Å². The molecule has 2 aromatic carbocycles. The molecule has 0 radical (unpaired) electrons. The van der Waals surface area contributed by atoms with Gasteiger partial charge in [-0.05, 0) is 25.0 Å². The van der Waals surface area contributed by atoms with E-state index in [1.54, 1.807) is 6.92 Å². The van der Waals surface area contributed by atoms with Crippen molar-refractivity contribution in [2.75, 3.05) is 0 Å². The molecule has 2 atom stereocenters. The first-order valence-electron chi connectivity index (χ1n) is 7.51. The fourth-order valence-electron chi connectivity index (χ4n) is 3.00. The zero-order valence-corrected chi connectivity index (χ0v) is 12.8. The van der Waals surface area contributed by atoms with Crippen LogP contribution in [0.15, 0.2) is 71.9 Å². The summed E-state index contributed by atoms with van der Waals surface area (Å²) in [5.41, 5.74) is 4.01. The molecule has 3 nitrogen and oxygen atoms in total. The van der Waals surface area contributed by atoms with E-state index in [0.29, 0.717) is 0 Å². The minimum Gasteiger partial charge on any atom is -0.369 e. The number of carbonyl (C=O) groups is 1. The minimum absolute atomic E-state index is 0.00509. The highest BCUT2D eigenvalue weighted by Crippen LogP contribution is 2.31. The van der Waals surface area contributed by atoms with Crippen molar-refractivity contribution in [3.63, 3.8) is 0 Å². The number of benzene rings is 2. The molecule has 1 aliphatic rings. The minimum atomic E-state index is -0.0924.